The van der Waals surface area contributed by atoms with Crippen LogP contribution in [0.1, 0.15) is 31.4 Å². The molecular weight excluding hydrogens is 633 g/mol. The minimum atomic E-state index is -4.42. The monoisotopic (exact) mass is 671 g/mol. The molecule has 2 aliphatic rings. The number of nitrogens with one attached hydrogen (secondary N) is 2. The van der Waals surface area contributed by atoms with Crippen molar-refractivity contribution in [3.8, 4) is 0 Å². The lowest BCUT2D eigenvalue weighted by Gasteiger charge is -2.33. The molecule has 0 saturated carbocycles. The summed E-state index contributed by atoms with van der Waals surface area (Å²) in [4.78, 5) is 50.8. The van der Waals surface area contributed by atoms with Crippen molar-refractivity contribution in [3.05, 3.63) is 96.7 Å². The SMILES string of the molecule is C=C[C@]1(COP(=O)(N[C@@H](C)C(=O)OCc2ccccc2)N[C@@H](C)C(=O)OCc2ccccc2)O[C@@H](N2C=CC(=O)CC2=O)[C@H](O)[C@@H]1O. The quantitative estimate of drug-likeness (QED) is 0.0930. The van der Waals surface area contributed by atoms with Crippen molar-refractivity contribution in [2.45, 2.75) is 69.6 Å². The zero-order valence-electron chi connectivity index (χ0n) is 25.9. The Kier molecular flexibility index (Phi) is 12.0. The predicted octanol–water partition coefficient (Wildman–Crippen LogP) is 1.87. The van der Waals surface area contributed by atoms with E-state index in [2.05, 4.69) is 16.8 Å². The lowest BCUT2D eigenvalue weighted by Crippen LogP contribution is -2.47. The second kappa shape index (κ2) is 15.7. The molecule has 2 aliphatic heterocycles. The highest BCUT2D eigenvalue weighted by atomic mass is 31.2. The maximum Gasteiger partial charge on any atom is 0.342 e. The summed E-state index contributed by atoms with van der Waals surface area (Å²) in [5, 5.41) is 26.9. The van der Waals surface area contributed by atoms with Crippen molar-refractivity contribution in [2.75, 3.05) is 6.61 Å². The lowest BCUT2D eigenvalue weighted by atomic mass is 9.96. The van der Waals surface area contributed by atoms with Crippen molar-refractivity contribution in [3.63, 3.8) is 0 Å². The van der Waals surface area contributed by atoms with Crippen LogP contribution in [0.5, 0.6) is 0 Å². The molecule has 2 aromatic carbocycles. The van der Waals surface area contributed by atoms with Crippen LogP contribution in [-0.4, -0.2) is 81.5 Å². The molecule has 47 heavy (non-hydrogen) atoms. The van der Waals surface area contributed by atoms with E-state index in [0.717, 1.165) is 34.4 Å². The third-order valence-corrected chi connectivity index (χ3v) is 9.41. The van der Waals surface area contributed by atoms with Crippen LogP contribution in [-0.2, 0) is 55.7 Å². The lowest BCUT2D eigenvalue weighted by molar-refractivity contribution is -0.153. The van der Waals surface area contributed by atoms with Crippen molar-refractivity contribution in [2.24, 2.45) is 0 Å². The van der Waals surface area contributed by atoms with Gasteiger partial charge in [0.25, 0.3) is 0 Å². The number of carbonyl (C=O) groups excluding carboxylic acids is 4. The van der Waals surface area contributed by atoms with E-state index in [-0.39, 0.29) is 13.2 Å². The number of nitrogens with zero attached hydrogens (tertiary/aromatic N) is 1. The number of carbonyl (C=O) groups is 4. The van der Waals surface area contributed by atoms with Crippen LogP contribution in [0.4, 0.5) is 0 Å². The molecule has 0 spiro atoms. The van der Waals surface area contributed by atoms with Gasteiger partial charge in [-0.15, -0.1) is 6.58 Å². The fourth-order valence-electron chi connectivity index (χ4n) is 4.78. The molecule has 2 aromatic rings. The van der Waals surface area contributed by atoms with Gasteiger partial charge in [0.15, 0.2) is 12.0 Å². The van der Waals surface area contributed by atoms with Crippen molar-refractivity contribution < 1.29 is 52.7 Å². The number of ketones is 1. The molecule has 0 aromatic heterocycles. The second-order valence-electron chi connectivity index (χ2n) is 11.1. The molecule has 1 fully saturated rings. The Bertz CT molecular complexity index is 1460. The van der Waals surface area contributed by atoms with Gasteiger partial charge in [-0.2, -0.15) is 0 Å². The van der Waals surface area contributed by atoms with Gasteiger partial charge in [0.1, 0.15) is 43.1 Å². The number of hydrogen-bond acceptors (Lipinski definition) is 11. The summed E-state index contributed by atoms with van der Waals surface area (Å²) >= 11 is 0. The number of esters is 2. The highest BCUT2D eigenvalue weighted by molar-refractivity contribution is 7.54. The largest absolute Gasteiger partial charge is 0.460 e. The Morgan fingerprint density at radius 2 is 1.51 bits per heavy atom. The fraction of sp³-hybridized carbons (Fsp3) is 0.375. The fourth-order valence-corrected chi connectivity index (χ4v) is 6.61. The van der Waals surface area contributed by atoms with E-state index < -0.39 is 80.4 Å². The number of aliphatic hydroxyl groups is 2. The Balaban J connectivity index is 1.49. The van der Waals surface area contributed by atoms with Gasteiger partial charge in [0.2, 0.25) is 5.91 Å². The molecular formula is C32H38N3O11P. The van der Waals surface area contributed by atoms with Crippen molar-refractivity contribution in [1.29, 1.82) is 0 Å². The number of ether oxygens (including phenoxy) is 3. The van der Waals surface area contributed by atoms with Gasteiger partial charge in [-0.1, -0.05) is 66.7 Å². The predicted molar refractivity (Wildman–Crippen MR) is 167 cm³/mol. The molecule has 15 heteroatoms. The van der Waals surface area contributed by atoms with Gasteiger partial charge in [-0.25, -0.2) is 10.2 Å². The Hall–Kier alpha value is -4.01. The molecule has 0 unspecified atom stereocenters. The van der Waals surface area contributed by atoms with Crippen LogP contribution >= 0.6 is 7.67 Å². The molecule has 6 atom stereocenters. The van der Waals surface area contributed by atoms with Crippen LogP contribution in [0.25, 0.3) is 0 Å². The molecule has 0 radical (unpaired) electrons. The summed E-state index contributed by atoms with van der Waals surface area (Å²) in [6, 6.07) is 15.3. The molecule has 4 rings (SSSR count). The highest BCUT2D eigenvalue weighted by Gasteiger charge is 2.56. The summed E-state index contributed by atoms with van der Waals surface area (Å²) in [6.45, 7) is 5.58. The van der Waals surface area contributed by atoms with Crippen LogP contribution in [0.15, 0.2) is 85.6 Å². The smallest absolute Gasteiger partial charge is 0.342 e. The number of aliphatic hydroxyl groups excluding tert-OH is 2. The summed E-state index contributed by atoms with van der Waals surface area (Å²) in [7, 11) is -4.42. The van der Waals surface area contributed by atoms with E-state index >= 15 is 0 Å². The van der Waals surface area contributed by atoms with Gasteiger partial charge in [0.05, 0.1) is 13.0 Å². The minimum absolute atomic E-state index is 0.0549. The van der Waals surface area contributed by atoms with E-state index in [0.29, 0.717) is 0 Å². The number of rotatable bonds is 15. The maximum atomic E-state index is 14.3. The first-order chi connectivity index (χ1) is 22.4. The maximum absolute atomic E-state index is 14.3. The zero-order valence-corrected chi connectivity index (χ0v) is 26.8. The van der Waals surface area contributed by atoms with Crippen molar-refractivity contribution >= 4 is 31.3 Å². The third kappa shape index (κ3) is 9.08. The van der Waals surface area contributed by atoms with Gasteiger partial charge in [-0.3, -0.25) is 28.6 Å². The summed E-state index contributed by atoms with van der Waals surface area (Å²) in [5.41, 5.74) is -0.479. The molecule has 252 valence electrons. The van der Waals surface area contributed by atoms with Crippen LogP contribution < -0.4 is 10.2 Å². The summed E-state index contributed by atoms with van der Waals surface area (Å²) in [6.07, 6.45) is -1.94. The molecule has 0 bridgehead atoms. The van der Waals surface area contributed by atoms with Gasteiger partial charge in [-0.05, 0) is 31.1 Å². The van der Waals surface area contributed by atoms with Crippen LogP contribution in [0.2, 0.25) is 0 Å². The van der Waals surface area contributed by atoms with Crippen molar-refractivity contribution in [1.82, 2.24) is 15.1 Å². The second-order valence-corrected chi connectivity index (χ2v) is 13.0. The van der Waals surface area contributed by atoms with E-state index in [9.17, 15) is 34.0 Å². The number of benzene rings is 2. The molecule has 1 amide bonds. The third-order valence-electron chi connectivity index (χ3n) is 7.46. The minimum Gasteiger partial charge on any atom is -0.460 e. The Labute approximate surface area is 271 Å². The molecule has 4 N–H and O–H groups in total. The Morgan fingerprint density at radius 3 is 1.98 bits per heavy atom. The standard InChI is InChI=1S/C32H38N3O11P/c1-4-32(28(39)27(38)29(46-32)35-16-15-25(36)17-26(35)37)20-45-47(42,33-21(2)30(40)43-18-23-11-7-5-8-12-23)34-22(3)31(41)44-19-24-13-9-6-10-14-24/h4-16,21-22,27-29,38-39H,1,17-20H2,2-3H3,(H2,33,34,42)/t21-,22-,27+,28-,29+,32+/m0/s1. The zero-order chi connectivity index (χ0) is 34.2. The normalized spacial score (nSPS) is 24.1. The average molecular weight is 672 g/mol. The van der Waals surface area contributed by atoms with E-state index in [4.69, 9.17) is 18.7 Å². The van der Waals surface area contributed by atoms with Crippen LogP contribution in [0.3, 0.4) is 0 Å². The van der Waals surface area contributed by atoms with Gasteiger partial charge >= 0.3 is 19.6 Å². The van der Waals surface area contributed by atoms with Gasteiger partial charge < -0.3 is 28.9 Å². The molecule has 0 aliphatic carbocycles. The van der Waals surface area contributed by atoms with E-state index in [1.54, 1.807) is 48.5 Å². The first-order valence-corrected chi connectivity index (χ1v) is 16.4. The van der Waals surface area contributed by atoms with Gasteiger partial charge in [0, 0.05) is 6.20 Å². The average Bonchev–Trinajstić information content (AvgIpc) is 3.31. The highest BCUT2D eigenvalue weighted by Crippen LogP contribution is 2.44. The molecule has 1 saturated heterocycles. The number of hydrogen-bond donors (Lipinski definition) is 4. The molecule has 14 nitrogen and oxygen atoms in total. The number of amides is 1. The molecule has 2 heterocycles. The number of allylic oxidation sites excluding steroid dienone is 1. The van der Waals surface area contributed by atoms with E-state index in [1.165, 1.54) is 13.8 Å². The summed E-state index contributed by atoms with van der Waals surface area (Å²) in [5.74, 6) is -2.68. The first-order valence-electron chi connectivity index (χ1n) is 14.8. The topological polar surface area (TPSA) is 190 Å². The first kappa shape index (κ1) is 35.8. The van der Waals surface area contributed by atoms with E-state index in [1.807, 2.05) is 12.1 Å². The Morgan fingerprint density at radius 1 is 1.00 bits per heavy atom. The van der Waals surface area contributed by atoms with Crippen LogP contribution in [0, 0.1) is 0 Å². The summed E-state index contributed by atoms with van der Waals surface area (Å²) < 4.78 is 36.6.